The van der Waals surface area contributed by atoms with E-state index in [1.54, 1.807) is 0 Å². The minimum Gasteiger partial charge on any atom is -0.369 e. The molecule has 22 heavy (non-hydrogen) atoms. The van der Waals surface area contributed by atoms with Crippen molar-refractivity contribution in [3.8, 4) is 0 Å². The van der Waals surface area contributed by atoms with Crippen molar-refractivity contribution in [2.45, 2.75) is 52.4 Å². The Bertz CT molecular complexity index is 580. The smallest absolute Gasteiger partial charge is 0.225 e. The van der Waals surface area contributed by atoms with Gasteiger partial charge in [0.2, 0.25) is 11.8 Å². The fourth-order valence-electron chi connectivity index (χ4n) is 3.44. The number of aromatic nitrogens is 3. The second-order valence-electron chi connectivity index (χ2n) is 6.79. The first-order valence-corrected chi connectivity index (χ1v) is 7.70. The average Bonchev–Trinajstić information content (AvgIpc) is 2.94. The van der Waals surface area contributed by atoms with E-state index in [1.807, 2.05) is 6.92 Å². The summed E-state index contributed by atoms with van der Waals surface area (Å²) in [5.74, 6) is 0.694. The highest BCUT2D eigenvalue weighted by atomic mass is 16.2. The Kier molecular flexibility index (Phi) is 4.26. The van der Waals surface area contributed by atoms with E-state index >= 15 is 0 Å². The Hall–Kier alpha value is -1.92. The quantitative estimate of drug-likeness (QED) is 0.741. The summed E-state index contributed by atoms with van der Waals surface area (Å²) in [7, 11) is 0. The summed E-state index contributed by atoms with van der Waals surface area (Å²) < 4.78 is 0. The highest BCUT2D eigenvalue weighted by molar-refractivity contribution is 5.80. The molecule has 1 aliphatic rings. The van der Waals surface area contributed by atoms with Crippen molar-refractivity contribution in [1.82, 2.24) is 20.5 Å². The van der Waals surface area contributed by atoms with E-state index in [0.717, 1.165) is 12.8 Å². The zero-order valence-corrected chi connectivity index (χ0v) is 13.7. The van der Waals surface area contributed by atoms with Gasteiger partial charge in [0, 0.05) is 17.9 Å². The summed E-state index contributed by atoms with van der Waals surface area (Å²) in [4.78, 5) is 27.8. The molecule has 122 valence electrons. The molecule has 0 saturated heterocycles. The van der Waals surface area contributed by atoms with Crippen LogP contribution in [0.15, 0.2) is 0 Å². The highest BCUT2D eigenvalue weighted by Gasteiger charge is 2.56. The topological polar surface area (TPSA) is 114 Å². The molecule has 0 radical (unpaired) electrons. The SMILES string of the molecule is CCNC(=O)[C@H]1CC[C@@](C)(c2n[nH]c(CC(N)=O)n2)C1(C)C. The van der Waals surface area contributed by atoms with Crippen LogP contribution in [0.25, 0.3) is 0 Å². The summed E-state index contributed by atoms with van der Waals surface area (Å²) in [5, 5.41) is 9.98. The van der Waals surface area contributed by atoms with Gasteiger partial charge in [-0.2, -0.15) is 5.10 Å². The molecular formula is C15H25N5O2. The number of aromatic amines is 1. The van der Waals surface area contributed by atoms with Crippen molar-refractivity contribution in [2.24, 2.45) is 17.1 Å². The average molecular weight is 307 g/mol. The normalized spacial score (nSPS) is 26.8. The molecule has 0 spiro atoms. The highest BCUT2D eigenvalue weighted by Crippen LogP contribution is 2.56. The predicted molar refractivity (Wildman–Crippen MR) is 81.8 cm³/mol. The third kappa shape index (κ3) is 2.60. The lowest BCUT2D eigenvalue weighted by molar-refractivity contribution is -0.128. The Morgan fingerprint density at radius 2 is 2.09 bits per heavy atom. The van der Waals surface area contributed by atoms with Crippen molar-refractivity contribution in [3.05, 3.63) is 11.6 Å². The lowest BCUT2D eigenvalue weighted by Crippen LogP contribution is -2.44. The second-order valence-corrected chi connectivity index (χ2v) is 6.79. The number of nitrogens with zero attached hydrogens (tertiary/aromatic N) is 2. The van der Waals surface area contributed by atoms with Crippen LogP contribution in [-0.4, -0.2) is 33.5 Å². The maximum atomic E-state index is 12.3. The molecule has 4 N–H and O–H groups in total. The van der Waals surface area contributed by atoms with Gasteiger partial charge in [0.15, 0.2) is 5.82 Å². The first kappa shape index (κ1) is 16.5. The van der Waals surface area contributed by atoms with Crippen molar-refractivity contribution < 1.29 is 9.59 Å². The minimum atomic E-state index is -0.446. The van der Waals surface area contributed by atoms with E-state index < -0.39 is 5.91 Å². The van der Waals surface area contributed by atoms with Gasteiger partial charge in [0.05, 0.1) is 6.42 Å². The van der Waals surface area contributed by atoms with Gasteiger partial charge in [-0.15, -0.1) is 0 Å². The number of nitrogens with one attached hydrogen (secondary N) is 2. The number of hydrogen-bond acceptors (Lipinski definition) is 4. The van der Waals surface area contributed by atoms with Crippen molar-refractivity contribution in [1.29, 1.82) is 0 Å². The molecule has 1 aromatic rings. The maximum Gasteiger partial charge on any atom is 0.225 e. The number of carbonyl (C=O) groups excluding carboxylic acids is 2. The van der Waals surface area contributed by atoms with Crippen LogP contribution in [0.3, 0.4) is 0 Å². The van der Waals surface area contributed by atoms with Crippen molar-refractivity contribution in [3.63, 3.8) is 0 Å². The molecule has 0 aromatic carbocycles. The number of primary amides is 1. The van der Waals surface area contributed by atoms with Crippen LogP contribution in [0.2, 0.25) is 0 Å². The number of nitrogens with two attached hydrogens (primary N) is 1. The predicted octanol–water partition coefficient (Wildman–Crippen LogP) is 0.663. The molecule has 0 bridgehead atoms. The number of rotatable bonds is 5. The molecule has 7 heteroatoms. The molecule has 2 atom stereocenters. The van der Waals surface area contributed by atoms with Gasteiger partial charge < -0.3 is 11.1 Å². The molecule has 1 saturated carbocycles. The molecule has 1 fully saturated rings. The van der Waals surface area contributed by atoms with Gasteiger partial charge in [-0.1, -0.05) is 20.8 Å². The van der Waals surface area contributed by atoms with E-state index in [4.69, 9.17) is 5.73 Å². The van der Waals surface area contributed by atoms with Crippen LogP contribution in [0, 0.1) is 11.3 Å². The monoisotopic (exact) mass is 307 g/mol. The molecule has 7 nitrogen and oxygen atoms in total. The molecule has 2 rings (SSSR count). The van der Waals surface area contributed by atoms with Crippen LogP contribution in [0.1, 0.15) is 52.2 Å². The van der Waals surface area contributed by atoms with Gasteiger partial charge in [-0.3, -0.25) is 14.7 Å². The fraction of sp³-hybridized carbons (Fsp3) is 0.733. The third-order valence-corrected chi connectivity index (χ3v) is 5.26. The molecule has 1 aromatic heterocycles. The molecule has 2 amide bonds. The Balaban J connectivity index is 2.28. The number of carbonyl (C=O) groups is 2. The Morgan fingerprint density at radius 1 is 1.41 bits per heavy atom. The first-order valence-electron chi connectivity index (χ1n) is 7.70. The van der Waals surface area contributed by atoms with Gasteiger partial charge >= 0.3 is 0 Å². The third-order valence-electron chi connectivity index (χ3n) is 5.26. The minimum absolute atomic E-state index is 0.0449. The molecule has 0 unspecified atom stereocenters. The zero-order valence-electron chi connectivity index (χ0n) is 13.7. The van der Waals surface area contributed by atoms with Crippen LogP contribution in [-0.2, 0) is 21.4 Å². The van der Waals surface area contributed by atoms with Gasteiger partial charge in [-0.05, 0) is 25.2 Å². The number of H-pyrrole nitrogens is 1. The molecule has 1 aliphatic carbocycles. The second kappa shape index (κ2) is 5.70. The van der Waals surface area contributed by atoms with Crippen LogP contribution in [0.4, 0.5) is 0 Å². The fourth-order valence-corrected chi connectivity index (χ4v) is 3.44. The van der Waals surface area contributed by atoms with E-state index in [9.17, 15) is 9.59 Å². The van der Waals surface area contributed by atoms with E-state index in [2.05, 4.69) is 41.3 Å². The molecular weight excluding hydrogens is 282 g/mol. The first-order chi connectivity index (χ1) is 10.2. The van der Waals surface area contributed by atoms with Crippen molar-refractivity contribution in [2.75, 3.05) is 6.54 Å². The number of hydrogen-bond donors (Lipinski definition) is 3. The van der Waals surface area contributed by atoms with Crippen LogP contribution < -0.4 is 11.1 Å². The van der Waals surface area contributed by atoms with Crippen LogP contribution in [0.5, 0.6) is 0 Å². The van der Waals surface area contributed by atoms with E-state index in [-0.39, 0.29) is 29.1 Å². The van der Waals surface area contributed by atoms with E-state index in [1.165, 1.54) is 0 Å². The lowest BCUT2D eigenvalue weighted by atomic mass is 9.65. The summed E-state index contributed by atoms with van der Waals surface area (Å²) in [6, 6.07) is 0. The standard InChI is InChI=1S/C15H25N5O2/c1-5-17-12(22)9-6-7-15(4,14(9,2)3)13-18-11(19-20-13)8-10(16)21/h9H,5-8H2,1-4H3,(H2,16,21)(H,17,22)(H,18,19,20)/t9-,15+/m1/s1. The number of amides is 2. The zero-order chi connectivity index (χ0) is 16.5. The summed E-state index contributed by atoms with van der Waals surface area (Å²) in [6.07, 6.45) is 1.67. The van der Waals surface area contributed by atoms with E-state index in [0.29, 0.717) is 18.2 Å². The van der Waals surface area contributed by atoms with Crippen molar-refractivity contribution >= 4 is 11.8 Å². The summed E-state index contributed by atoms with van der Waals surface area (Å²) in [5.41, 5.74) is 4.59. The lowest BCUT2D eigenvalue weighted by Gasteiger charge is -2.39. The molecule has 1 heterocycles. The molecule has 0 aliphatic heterocycles. The van der Waals surface area contributed by atoms with Crippen LogP contribution >= 0.6 is 0 Å². The maximum absolute atomic E-state index is 12.3. The van der Waals surface area contributed by atoms with Gasteiger partial charge in [-0.25, -0.2) is 4.98 Å². The largest absolute Gasteiger partial charge is 0.369 e. The summed E-state index contributed by atoms with van der Waals surface area (Å²) in [6.45, 7) is 8.81. The van der Waals surface area contributed by atoms with Gasteiger partial charge in [0.1, 0.15) is 5.82 Å². The Labute approximate surface area is 130 Å². The van der Waals surface area contributed by atoms with Gasteiger partial charge in [0.25, 0.3) is 0 Å². The Morgan fingerprint density at radius 3 is 2.68 bits per heavy atom. The summed E-state index contributed by atoms with van der Waals surface area (Å²) >= 11 is 0.